The van der Waals surface area contributed by atoms with E-state index in [0.717, 1.165) is 22.2 Å². The second-order valence-corrected chi connectivity index (χ2v) is 9.95. The number of ether oxygens (including phenoxy) is 1. The zero-order valence-electron chi connectivity index (χ0n) is 22.3. The van der Waals surface area contributed by atoms with Gasteiger partial charge in [-0.2, -0.15) is 0 Å². The molecule has 3 aromatic carbocycles. The Hall–Kier alpha value is -4.37. The van der Waals surface area contributed by atoms with Gasteiger partial charge in [0.25, 0.3) is 5.91 Å². The van der Waals surface area contributed by atoms with Crippen LogP contribution in [0.15, 0.2) is 72.8 Å². The lowest BCUT2D eigenvalue weighted by atomic mass is 10.1. The van der Waals surface area contributed by atoms with Gasteiger partial charge >= 0.3 is 0 Å². The number of carbonyl (C=O) groups is 2. The van der Waals surface area contributed by atoms with Crippen LogP contribution < -0.4 is 20.3 Å². The standard InChI is InChI=1S/C30H31ClN6O3/c1-21(38)32-12-13-33-27-19-28(35-30(34-27)23-6-9-25(31)10-7-23)36-14-16-37(17-15-36)29(39)20-40-26-11-8-22-4-2-3-5-24(22)18-26/h2-11,18-19H,12-17,20H2,1H3,(H,32,38)(H,33,34,35). The molecule has 5 rings (SSSR count). The van der Waals surface area contributed by atoms with E-state index in [2.05, 4.69) is 20.5 Å². The van der Waals surface area contributed by atoms with Gasteiger partial charge in [-0.15, -0.1) is 0 Å². The van der Waals surface area contributed by atoms with Crippen molar-refractivity contribution in [2.75, 3.05) is 56.1 Å². The molecule has 9 nitrogen and oxygen atoms in total. The Kier molecular flexibility index (Phi) is 8.61. The number of rotatable bonds is 9. The van der Waals surface area contributed by atoms with Gasteiger partial charge in [-0.3, -0.25) is 9.59 Å². The molecule has 1 aromatic heterocycles. The molecule has 2 N–H and O–H groups in total. The van der Waals surface area contributed by atoms with Gasteiger partial charge in [0.05, 0.1) is 0 Å². The van der Waals surface area contributed by atoms with Crippen molar-refractivity contribution >= 4 is 45.8 Å². The largest absolute Gasteiger partial charge is 0.484 e. The van der Waals surface area contributed by atoms with E-state index in [1.165, 1.54) is 6.92 Å². The van der Waals surface area contributed by atoms with Crippen molar-refractivity contribution in [1.82, 2.24) is 20.2 Å². The number of hydrogen-bond donors (Lipinski definition) is 2. The first kappa shape index (κ1) is 27.2. The number of fused-ring (bicyclic) bond motifs is 1. The van der Waals surface area contributed by atoms with E-state index in [4.69, 9.17) is 21.3 Å². The van der Waals surface area contributed by atoms with Gasteiger partial charge in [-0.25, -0.2) is 9.97 Å². The summed E-state index contributed by atoms with van der Waals surface area (Å²) in [6, 6.07) is 23.2. The van der Waals surface area contributed by atoms with Crippen molar-refractivity contribution in [2.24, 2.45) is 0 Å². The van der Waals surface area contributed by atoms with Crippen LogP contribution in [-0.2, 0) is 9.59 Å². The van der Waals surface area contributed by atoms with Gasteiger partial charge in [0.1, 0.15) is 17.4 Å². The number of benzene rings is 3. The third kappa shape index (κ3) is 6.98. The van der Waals surface area contributed by atoms with E-state index in [1.54, 1.807) is 12.1 Å². The van der Waals surface area contributed by atoms with Crippen LogP contribution in [0.1, 0.15) is 6.92 Å². The second kappa shape index (κ2) is 12.7. The summed E-state index contributed by atoms with van der Waals surface area (Å²) in [5.74, 6) is 2.54. The molecule has 1 aliphatic heterocycles. The topological polar surface area (TPSA) is 99.7 Å². The number of piperazine rings is 1. The van der Waals surface area contributed by atoms with Crippen molar-refractivity contribution in [2.45, 2.75) is 6.92 Å². The maximum absolute atomic E-state index is 12.9. The van der Waals surface area contributed by atoms with Crippen LogP contribution >= 0.6 is 11.6 Å². The number of nitrogens with zero attached hydrogens (tertiary/aromatic N) is 4. The number of aromatic nitrogens is 2. The summed E-state index contributed by atoms with van der Waals surface area (Å²) in [6.45, 7) is 4.87. The van der Waals surface area contributed by atoms with Gasteiger partial charge in [-0.05, 0) is 47.2 Å². The van der Waals surface area contributed by atoms with Crippen molar-refractivity contribution < 1.29 is 14.3 Å². The summed E-state index contributed by atoms with van der Waals surface area (Å²) >= 11 is 6.08. The van der Waals surface area contributed by atoms with Crippen LogP contribution in [0.25, 0.3) is 22.2 Å². The average Bonchev–Trinajstić information content (AvgIpc) is 2.98. The smallest absolute Gasteiger partial charge is 0.260 e. The van der Waals surface area contributed by atoms with E-state index in [0.29, 0.717) is 61.7 Å². The number of hydrogen-bond acceptors (Lipinski definition) is 7. The first-order valence-electron chi connectivity index (χ1n) is 13.2. The Labute approximate surface area is 238 Å². The first-order chi connectivity index (χ1) is 19.4. The van der Waals surface area contributed by atoms with Crippen molar-refractivity contribution in [1.29, 1.82) is 0 Å². The van der Waals surface area contributed by atoms with E-state index in [1.807, 2.05) is 65.6 Å². The monoisotopic (exact) mass is 558 g/mol. The van der Waals surface area contributed by atoms with Gasteiger partial charge in [-0.1, -0.05) is 41.9 Å². The minimum Gasteiger partial charge on any atom is -0.484 e. The molecule has 0 radical (unpaired) electrons. The van der Waals surface area contributed by atoms with Crippen LogP contribution in [0.3, 0.4) is 0 Å². The van der Waals surface area contributed by atoms with E-state index in [9.17, 15) is 9.59 Å². The van der Waals surface area contributed by atoms with Gasteiger partial charge in [0.15, 0.2) is 12.4 Å². The molecule has 1 aliphatic rings. The van der Waals surface area contributed by atoms with E-state index < -0.39 is 0 Å². The molecule has 2 amide bonds. The quantitative estimate of drug-likeness (QED) is 0.297. The predicted molar refractivity (Wildman–Crippen MR) is 158 cm³/mol. The summed E-state index contributed by atoms with van der Waals surface area (Å²) in [6.07, 6.45) is 0. The lowest BCUT2D eigenvalue weighted by molar-refractivity contribution is -0.133. The van der Waals surface area contributed by atoms with Crippen LogP contribution in [-0.4, -0.2) is 72.6 Å². The molecule has 4 aromatic rings. The van der Waals surface area contributed by atoms with E-state index in [-0.39, 0.29) is 18.4 Å². The molecule has 10 heteroatoms. The molecular formula is C30H31ClN6O3. The Morgan fingerprint density at radius 3 is 2.40 bits per heavy atom. The summed E-state index contributed by atoms with van der Waals surface area (Å²) in [5.41, 5.74) is 0.843. The van der Waals surface area contributed by atoms with Crippen molar-refractivity contribution in [3.63, 3.8) is 0 Å². The zero-order chi connectivity index (χ0) is 27.9. The number of amides is 2. The summed E-state index contributed by atoms with van der Waals surface area (Å²) in [5, 5.41) is 8.89. The van der Waals surface area contributed by atoms with Crippen molar-refractivity contribution in [3.05, 3.63) is 77.8 Å². The highest BCUT2D eigenvalue weighted by molar-refractivity contribution is 6.30. The van der Waals surface area contributed by atoms with Crippen molar-refractivity contribution in [3.8, 4) is 17.1 Å². The van der Waals surface area contributed by atoms with Crippen LogP contribution in [0, 0.1) is 0 Å². The number of halogens is 1. The Morgan fingerprint density at radius 2 is 1.65 bits per heavy atom. The molecule has 0 bridgehead atoms. The summed E-state index contributed by atoms with van der Waals surface area (Å²) < 4.78 is 5.82. The number of nitrogens with one attached hydrogen (secondary N) is 2. The highest BCUT2D eigenvalue weighted by atomic mass is 35.5. The fourth-order valence-corrected chi connectivity index (χ4v) is 4.65. The van der Waals surface area contributed by atoms with E-state index >= 15 is 0 Å². The highest BCUT2D eigenvalue weighted by Crippen LogP contribution is 2.25. The maximum Gasteiger partial charge on any atom is 0.260 e. The lowest BCUT2D eigenvalue weighted by Crippen LogP contribution is -2.50. The third-order valence-electron chi connectivity index (χ3n) is 6.66. The highest BCUT2D eigenvalue weighted by Gasteiger charge is 2.23. The first-order valence-corrected chi connectivity index (χ1v) is 13.6. The molecule has 0 atom stereocenters. The van der Waals surface area contributed by atoms with Crippen LogP contribution in [0.4, 0.5) is 11.6 Å². The Bertz CT molecular complexity index is 1490. The Morgan fingerprint density at radius 1 is 0.900 bits per heavy atom. The maximum atomic E-state index is 12.9. The SMILES string of the molecule is CC(=O)NCCNc1cc(N2CCN(C(=O)COc3ccc4ccccc4c3)CC2)nc(-c2ccc(Cl)cc2)n1. The van der Waals surface area contributed by atoms with Gasteiger partial charge in [0, 0.05) is 62.8 Å². The molecule has 40 heavy (non-hydrogen) atoms. The number of carbonyl (C=O) groups excluding carboxylic acids is 2. The Balaban J connectivity index is 1.22. The third-order valence-corrected chi connectivity index (χ3v) is 6.91. The molecular weight excluding hydrogens is 528 g/mol. The molecule has 206 valence electrons. The summed E-state index contributed by atoms with van der Waals surface area (Å²) in [4.78, 5) is 37.6. The molecule has 1 fully saturated rings. The molecule has 0 aliphatic carbocycles. The summed E-state index contributed by atoms with van der Waals surface area (Å²) in [7, 11) is 0. The predicted octanol–water partition coefficient (Wildman–Crippen LogP) is 4.23. The molecule has 0 saturated carbocycles. The average molecular weight is 559 g/mol. The molecule has 0 unspecified atom stereocenters. The fourth-order valence-electron chi connectivity index (χ4n) is 4.52. The minimum atomic E-state index is -0.0814. The van der Waals surface area contributed by atoms with Gasteiger partial charge < -0.3 is 25.2 Å². The zero-order valence-corrected chi connectivity index (χ0v) is 23.0. The lowest BCUT2D eigenvalue weighted by Gasteiger charge is -2.35. The molecule has 1 saturated heterocycles. The second-order valence-electron chi connectivity index (χ2n) is 9.52. The fraction of sp³-hybridized carbons (Fsp3) is 0.267. The van der Waals surface area contributed by atoms with Gasteiger partial charge in [0.2, 0.25) is 5.91 Å². The minimum absolute atomic E-state index is 0.00503. The van der Waals surface area contributed by atoms with Crippen LogP contribution in [0.5, 0.6) is 5.75 Å². The molecule has 2 heterocycles. The molecule has 0 spiro atoms. The normalized spacial score (nSPS) is 13.2. The van der Waals surface area contributed by atoms with Crippen LogP contribution in [0.2, 0.25) is 5.02 Å². The number of anilines is 2.